The van der Waals surface area contributed by atoms with Crippen molar-refractivity contribution in [3.63, 3.8) is 0 Å². The molecular weight excluding hydrogens is 392 g/mol. The maximum absolute atomic E-state index is 5.90. The van der Waals surface area contributed by atoms with Crippen LogP contribution in [0.15, 0.2) is 51.4 Å². The summed E-state index contributed by atoms with van der Waals surface area (Å²) >= 11 is 7.19. The first-order chi connectivity index (χ1) is 10.2. The number of hydrazine groups is 1. The van der Waals surface area contributed by atoms with Gasteiger partial charge in [-0.3, -0.25) is 5.84 Å². The van der Waals surface area contributed by atoms with E-state index in [-0.39, 0.29) is 6.04 Å². The fourth-order valence-corrected chi connectivity index (χ4v) is 3.80. The van der Waals surface area contributed by atoms with Gasteiger partial charge >= 0.3 is 0 Å². The molecule has 3 N–H and O–H groups in total. The van der Waals surface area contributed by atoms with Gasteiger partial charge in [-0.05, 0) is 53.6 Å². The number of hydrogen-bond acceptors (Lipinski definition) is 2. The Morgan fingerprint density at radius 2 is 1.81 bits per heavy atom. The first kappa shape index (κ1) is 15.2. The number of rotatable bonds is 4. The van der Waals surface area contributed by atoms with Gasteiger partial charge in [0.15, 0.2) is 0 Å². The quantitative estimate of drug-likeness (QED) is 0.548. The van der Waals surface area contributed by atoms with Crippen LogP contribution in [0.1, 0.15) is 47.9 Å². The molecule has 2 nitrogen and oxygen atoms in total. The fourth-order valence-electron chi connectivity index (χ4n) is 2.95. The van der Waals surface area contributed by atoms with Gasteiger partial charge in [0, 0.05) is 8.95 Å². The summed E-state index contributed by atoms with van der Waals surface area (Å²) in [5, 5.41) is 0. The van der Waals surface area contributed by atoms with Crippen molar-refractivity contribution in [3.8, 4) is 0 Å². The standard InChI is InChI=1S/C17H18Br2N2/c18-12-8-9-16(19)15(10-12)17(21-20)14-7-2-1-6-13(14)11-4-3-5-11/h1-2,6-11,17,21H,3-5,20H2. The van der Waals surface area contributed by atoms with Crippen LogP contribution in [0.4, 0.5) is 0 Å². The van der Waals surface area contributed by atoms with Crippen molar-refractivity contribution in [2.24, 2.45) is 5.84 Å². The van der Waals surface area contributed by atoms with Gasteiger partial charge in [-0.25, -0.2) is 5.43 Å². The van der Waals surface area contributed by atoms with Crippen molar-refractivity contribution in [2.75, 3.05) is 0 Å². The summed E-state index contributed by atoms with van der Waals surface area (Å²) in [5.41, 5.74) is 6.86. The minimum absolute atomic E-state index is 0.00586. The molecule has 21 heavy (non-hydrogen) atoms. The number of nitrogens with two attached hydrogens (primary N) is 1. The van der Waals surface area contributed by atoms with Gasteiger partial charge in [0.05, 0.1) is 6.04 Å². The van der Waals surface area contributed by atoms with E-state index in [1.54, 1.807) is 0 Å². The van der Waals surface area contributed by atoms with E-state index in [9.17, 15) is 0 Å². The fraction of sp³-hybridized carbons (Fsp3) is 0.294. The van der Waals surface area contributed by atoms with Crippen LogP contribution >= 0.6 is 31.9 Å². The summed E-state index contributed by atoms with van der Waals surface area (Å²) in [6.07, 6.45) is 3.90. The van der Waals surface area contributed by atoms with Crippen molar-refractivity contribution >= 4 is 31.9 Å². The highest BCUT2D eigenvalue weighted by atomic mass is 79.9. The topological polar surface area (TPSA) is 38.0 Å². The van der Waals surface area contributed by atoms with Gasteiger partial charge in [-0.2, -0.15) is 0 Å². The van der Waals surface area contributed by atoms with Crippen LogP contribution in [0, 0.1) is 0 Å². The van der Waals surface area contributed by atoms with E-state index in [0.29, 0.717) is 5.92 Å². The molecular formula is C17H18Br2N2. The third-order valence-corrected chi connectivity index (χ3v) is 5.50. The number of hydrogen-bond donors (Lipinski definition) is 2. The number of halogens is 2. The summed E-state index contributed by atoms with van der Waals surface area (Å²) in [4.78, 5) is 0. The lowest BCUT2D eigenvalue weighted by atomic mass is 9.76. The highest BCUT2D eigenvalue weighted by Gasteiger charge is 2.26. The Labute approximate surface area is 142 Å². The molecule has 0 saturated heterocycles. The van der Waals surface area contributed by atoms with Crippen LogP contribution in [0.2, 0.25) is 0 Å². The van der Waals surface area contributed by atoms with E-state index >= 15 is 0 Å². The van der Waals surface area contributed by atoms with E-state index in [1.807, 2.05) is 6.07 Å². The zero-order valence-electron chi connectivity index (χ0n) is 11.7. The smallest absolute Gasteiger partial charge is 0.0724 e. The lowest BCUT2D eigenvalue weighted by molar-refractivity contribution is 0.414. The second-order valence-electron chi connectivity index (χ2n) is 5.52. The van der Waals surface area contributed by atoms with E-state index in [2.05, 4.69) is 73.7 Å². The Morgan fingerprint density at radius 3 is 2.48 bits per heavy atom. The highest BCUT2D eigenvalue weighted by molar-refractivity contribution is 9.11. The van der Waals surface area contributed by atoms with Gasteiger partial charge in [0.2, 0.25) is 0 Å². The van der Waals surface area contributed by atoms with E-state index in [1.165, 1.54) is 30.4 Å². The lowest BCUT2D eigenvalue weighted by Crippen LogP contribution is -2.30. The molecule has 0 heterocycles. The monoisotopic (exact) mass is 408 g/mol. The second kappa shape index (κ2) is 6.61. The first-order valence-electron chi connectivity index (χ1n) is 7.20. The molecule has 2 aromatic rings. The molecule has 0 aromatic heterocycles. The molecule has 0 spiro atoms. The molecule has 1 aliphatic rings. The van der Waals surface area contributed by atoms with Gasteiger partial charge in [0.25, 0.3) is 0 Å². The maximum atomic E-state index is 5.90. The van der Waals surface area contributed by atoms with E-state index in [0.717, 1.165) is 14.5 Å². The van der Waals surface area contributed by atoms with Crippen molar-refractivity contribution < 1.29 is 0 Å². The minimum Gasteiger partial charge on any atom is -0.271 e. The lowest BCUT2D eigenvalue weighted by Gasteiger charge is -2.30. The molecule has 1 saturated carbocycles. The molecule has 1 unspecified atom stereocenters. The Balaban J connectivity index is 2.06. The van der Waals surface area contributed by atoms with E-state index in [4.69, 9.17) is 5.84 Å². The average molecular weight is 410 g/mol. The largest absolute Gasteiger partial charge is 0.271 e. The van der Waals surface area contributed by atoms with Crippen molar-refractivity contribution in [3.05, 3.63) is 68.1 Å². The minimum atomic E-state index is -0.00586. The Kier molecular flexibility index (Phi) is 4.79. The summed E-state index contributed by atoms with van der Waals surface area (Å²) in [7, 11) is 0. The third-order valence-electron chi connectivity index (χ3n) is 4.29. The Morgan fingerprint density at radius 1 is 1.05 bits per heavy atom. The number of nitrogens with one attached hydrogen (secondary N) is 1. The molecule has 0 radical (unpaired) electrons. The zero-order valence-corrected chi connectivity index (χ0v) is 14.8. The van der Waals surface area contributed by atoms with Crippen LogP contribution < -0.4 is 11.3 Å². The summed E-state index contributed by atoms with van der Waals surface area (Å²) in [6.45, 7) is 0. The van der Waals surface area contributed by atoms with Gasteiger partial charge in [0.1, 0.15) is 0 Å². The highest BCUT2D eigenvalue weighted by Crippen LogP contribution is 2.41. The van der Waals surface area contributed by atoms with Crippen LogP contribution in [0.5, 0.6) is 0 Å². The van der Waals surface area contributed by atoms with Gasteiger partial charge in [-0.15, -0.1) is 0 Å². The third kappa shape index (κ3) is 3.09. The molecule has 1 fully saturated rings. The van der Waals surface area contributed by atoms with E-state index < -0.39 is 0 Å². The molecule has 1 atom stereocenters. The molecule has 4 heteroatoms. The second-order valence-corrected chi connectivity index (χ2v) is 7.29. The zero-order chi connectivity index (χ0) is 14.8. The molecule has 2 aromatic carbocycles. The van der Waals surface area contributed by atoms with Crippen molar-refractivity contribution in [2.45, 2.75) is 31.2 Å². The Bertz CT molecular complexity index is 638. The van der Waals surface area contributed by atoms with Crippen LogP contribution in [0.3, 0.4) is 0 Å². The summed E-state index contributed by atoms with van der Waals surface area (Å²) in [5.74, 6) is 6.58. The SMILES string of the molecule is NNC(c1cc(Br)ccc1Br)c1ccccc1C1CCC1. The predicted octanol–water partition coefficient (Wildman–Crippen LogP) is 5.03. The molecule has 0 aliphatic heterocycles. The van der Waals surface area contributed by atoms with Crippen molar-refractivity contribution in [1.29, 1.82) is 0 Å². The summed E-state index contributed by atoms with van der Waals surface area (Å²) in [6, 6.07) is 14.8. The van der Waals surface area contributed by atoms with Crippen LogP contribution in [0.25, 0.3) is 0 Å². The average Bonchev–Trinajstić information content (AvgIpc) is 2.43. The van der Waals surface area contributed by atoms with Gasteiger partial charge in [-0.1, -0.05) is 62.5 Å². The van der Waals surface area contributed by atoms with Crippen LogP contribution in [-0.4, -0.2) is 0 Å². The summed E-state index contributed by atoms with van der Waals surface area (Å²) < 4.78 is 2.12. The van der Waals surface area contributed by atoms with Crippen LogP contribution in [-0.2, 0) is 0 Å². The molecule has 1 aliphatic carbocycles. The van der Waals surface area contributed by atoms with Gasteiger partial charge < -0.3 is 0 Å². The first-order valence-corrected chi connectivity index (χ1v) is 8.79. The molecule has 110 valence electrons. The number of benzene rings is 2. The normalized spacial score (nSPS) is 16.5. The maximum Gasteiger partial charge on any atom is 0.0724 e. The predicted molar refractivity (Wildman–Crippen MR) is 94.0 cm³/mol. The van der Waals surface area contributed by atoms with Crippen molar-refractivity contribution in [1.82, 2.24) is 5.43 Å². The molecule has 0 bridgehead atoms. The Hall–Kier alpha value is -0.680. The molecule has 3 rings (SSSR count). The molecule has 0 amide bonds.